The lowest BCUT2D eigenvalue weighted by molar-refractivity contribution is -0.147. The van der Waals surface area contributed by atoms with E-state index in [4.69, 9.17) is 4.74 Å². The molecule has 0 unspecified atom stereocenters. The summed E-state index contributed by atoms with van der Waals surface area (Å²) in [6.45, 7) is 3.37. The molecule has 3 heteroatoms. The van der Waals surface area contributed by atoms with Gasteiger partial charge < -0.3 is 4.74 Å². The molecular weight excluding hydrogens is 132 g/mol. The van der Waals surface area contributed by atoms with Crippen molar-refractivity contribution in [3.8, 4) is 0 Å². The van der Waals surface area contributed by atoms with E-state index in [9.17, 15) is 9.90 Å². The predicted octanol–water partition coefficient (Wildman–Crippen LogP) is 1.15. The number of hydrogen-bond donors (Lipinski definition) is 0. The largest absolute Gasteiger partial charge is 0.463 e. The Balaban J connectivity index is 3.26. The Morgan fingerprint density at radius 3 is 2.50 bits per heavy atom. The summed E-state index contributed by atoms with van der Waals surface area (Å²) in [5, 5.41) is 9.91. The van der Waals surface area contributed by atoms with E-state index in [2.05, 4.69) is 0 Å². The van der Waals surface area contributed by atoms with Gasteiger partial charge >= 0.3 is 5.97 Å². The molecule has 3 nitrogen and oxygen atoms in total. The van der Waals surface area contributed by atoms with Crippen molar-refractivity contribution in [2.45, 2.75) is 32.8 Å². The van der Waals surface area contributed by atoms with Crippen molar-refractivity contribution in [3.63, 3.8) is 0 Å². The first-order valence-corrected chi connectivity index (χ1v) is 3.44. The van der Waals surface area contributed by atoms with Crippen LogP contribution < -0.4 is 0 Å². The molecule has 0 aromatic rings. The Morgan fingerprint density at radius 2 is 2.10 bits per heavy atom. The standard InChI is InChI=1S/C7H13O3/c1-6(2)10-7(9)4-3-5-8/h6H,3-5H2,1-2H3. The van der Waals surface area contributed by atoms with Crippen molar-refractivity contribution in [1.82, 2.24) is 0 Å². The van der Waals surface area contributed by atoms with Gasteiger partial charge in [0.15, 0.2) is 0 Å². The highest BCUT2D eigenvalue weighted by atomic mass is 16.5. The van der Waals surface area contributed by atoms with Crippen LogP contribution in [0.2, 0.25) is 0 Å². The highest BCUT2D eigenvalue weighted by molar-refractivity contribution is 5.69. The fourth-order valence-electron chi connectivity index (χ4n) is 0.538. The molecule has 0 saturated heterocycles. The molecule has 0 aromatic heterocycles. The third kappa shape index (κ3) is 5.56. The van der Waals surface area contributed by atoms with Gasteiger partial charge in [0.1, 0.15) is 0 Å². The minimum Gasteiger partial charge on any atom is -0.463 e. The van der Waals surface area contributed by atoms with Crippen LogP contribution in [0.25, 0.3) is 0 Å². The molecule has 0 saturated carbocycles. The van der Waals surface area contributed by atoms with Crippen LogP contribution in [0.15, 0.2) is 0 Å². The summed E-state index contributed by atoms with van der Waals surface area (Å²) in [5.74, 6) is -0.272. The SMILES string of the molecule is CC(C)OC(=O)CCC[O]. The summed E-state index contributed by atoms with van der Waals surface area (Å²) in [7, 11) is 0. The van der Waals surface area contributed by atoms with Gasteiger partial charge in [0.25, 0.3) is 0 Å². The molecule has 0 bridgehead atoms. The maximum Gasteiger partial charge on any atom is 0.306 e. The number of rotatable bonds is 4. The average Bonchev–Trinajstić information content (AvgIpc) is 1.82. The van der Waals surface area contributed by atoms with E-state index in [-0.39, 0.29) is 25.1 Å². The molecule has 10 heavy (non-hydrogen) atoms. The van der Waals surface area contributed by atoms with Crippen LogP contribution in [0.3, 0.4) is 0 Å². The molecule has 0 atom stereocenters. The summed E-state index contributed by atoms with van der Waals surface area (Å²) >= 11 is 0. The average molecular weight is 145 g/mol. The molecule has 0 N–H and O–H groups in total. The zero-order valence-electron chi connectivity index (χ0n) is 6.42. The molecule has 0 heterocycles. The van der Waals surface area contributed by atoms with E-state index in [1.807, 2.05) is 0 Å². The lowest BCUT2D eigenvalue weighted by Gasteiger charge is -2.05. The molecule has 0 spiro atoms. The molecule has 0 aliphatic rings. The van der Waals surface area contributed by atoms with Crippen LogP contribution in [0.4, 0.5) is 0 Å². The lowest BCUT2D eigenvalue weighted by atomic mass is 10.3. The first kappa shape index (κ1) is 9.43. The van der Waals surface area contributed by atoms with Crippen LogP contribution in [-0.4, -0.2) is 18.7 Å². The van der Waals surface area contributed by atoms with Gasteiger partial charge in [0, 0.05) is 6.42 Å². The molecule has 0 rings (SSSR count). The third-order valence-electron chi connectivity index (χ3n) is 0.892. The van der Waals surface area contributed by atoms with E-state index < -0.39 is 0 Å². The molecule has 0 aliphatic carbocycles. The molecule has 0 amide bonds. The monoisotopic (exact) mass is 145 g/mol. The summed E-state index contributed by atoms with van der Waals surface area (Å²) in [5.41, 5.74) is 0. The van der Waals surface area contributed by atoms with Gasteiger partial charge in [0.2, 0.25) is 0 Å². The third-order valence-corrected chi connectivity index (χ3v) is 0.892. The van der Waals surface area contributed by atoms with Gasteiger partial charge in [-0.25, -0.2) is 5.11 Å². The van der Waals surface area contributed by atoms with E-state index in [1.54, 1.807) is 13.8 Å². The molecule has 59 valence electrons. The fraction of sp³-hybridized carbons (Fsp3) is 0.857. The van der Waals surface area contributed by atoms with Crippen molar-refractivity contribution in [1.29, 1.82) is 0 Å². The van der Waals surface area contributed by atoms with Gasteiger partial charge in [-0.3, -0.25) is 4.79 Å². The van der Waals surface area contributed by atoms with E-state index in [0.717, 1.165) is 0 Å². The van der Waals surface area contributed by atoms with Crippen LogP contribution in [-0.2, 0) is 14.6 Å². The Kier molecular flexibility index (Phi) is 4.94. The van der Waals surface area contributed by atoms with E-state index >= 15 is 0 Å². The second kappa shape index (κ2) is 5.23. The molecular formula is C7H13O3. The Bertz CT molecular complexity index is 99.0. The first-order chi connectivity index (χ1) is 4.66. The fourth-order valence-corrected chi connectivity index (χ4v) is 0.538. The molecule has 1 radical (unpaired) electrons. The first-order valence-electron chi connectivity index (χ1n) is 3.44. The highest BCUT2D eigenvalue weighted by Gasteiger charge is 2.03. The van der Waals surface area contributed by atoms with E-state index in [1.165, 1.54) is 0 Å². The zero-order valence-corrected chi connectivity index (χ0v) is 6.42. The smallest absolute Gasteiger partial charge is 0.306 e. The van der Waals surface area contributed by atoms with Crippen LogP contribution in [0, 0.1) is 0 Å². The normalized spacial score (nSPS) is 10.0. The van der Waals surface area contributed by atoms with Crippen molar-refractivity contribution in [2.75, 3.05) is 6.61 Å². The minimum absolute atomic E-state index is 0.0702. The van der Waals surface area contributed by atoms with Gasteiger partial charge in [-0.05, 0) is 20.3 Å². The van der Waals surface area contributed by atoms with Crippen molar-refractivity contribution in [3.05, 3.63) is 0 Å². The predicted molar refractivity (Wildman–Crippen MR) is 36.0 cm³/mol. The van der Waals surface area contributed by atoms with Crippen molar-refractivity contribution in [2.24, 2.45) is 0 Å². The molecule has 0 fully saturated rings. The van der Waals surface area contributed by atoms with Gasteiger partial charge in [-0.15, -0.1) is 0 Å². The molecule has 0 aromatic carbocycles. The van der Waals surface area contributed by atoms with Crippen LogP contribution in [0.5, 0.6) is 0 Å². The summed E-state index contributed by atoms with van der Waals surface area (Å²) in [4.78, 5) is 10.7. The van der Waals surface area contributed by atoms with Gasteiger partial charge in [-0.1, -0.05) is 0 Å². The second-order valence-corrected chi connectivity index (χ2v) is 2.35. The Hall–Kier alpha value is -0.570. The number of esters is 1. The maximum atomic E-state index is 10.7. The second-order valence-electron chi connectivity index (χ2n) is 2.35. The Morgan fingerprint density at radius 1 is 1.50 bits per heavy atom. The van der Waals surface area contributed by atoms with Gasteiger partial charge in [-0.2, -0.15) is 0 Å². The topological polar surface area (TPSA) is 46.2 Å². The zero-order chi connectivity index (χ0) is 7.98. The number of carbonyl (C=O) groups is 1. The quantitative estimate of drug-likeness (QED) is 0.557. The van der Waals surface area contributed by atoms with Crippen molar-refractivity contribution >= 4 is 5.97 Å². The minimum atomic E-state index is -0.272. The van der Waals surface area contributed by atoms with Crippen LogP contribution in [0.1, 0.15) is 26.7 Å². The van der Waals surface area contributed by atoms with Crippen molar-refractivity contribution < 1.29 is 14.6 Å². The number of carbonyl (C=O) groups excluding carboxylic acids is 1. The maximum absolute atomic E-state index is 10.7. The number of ether oxygens (including phenoxy) is 1. The summed E-state index contributed by atoms with van der Waals surface area (Å²) < 4.78 is 4.77. The Labute approximate surface area is 61.0 Å². The van der Waals surface area contributed by atoms with E-state index in [0.29, 0.717) is 6.42 Å². The summed E-state index contributed by atoms with van der Waals surface area (Å²) in [6.07, 6.45) is 0.562. The lowest BCUT2D eigenvalue weighted by Crippen LogP contribution is -2.11. The molecule has 0 aliphatic heterocycles. The van der Waals surface area contributed by atoms with Gasteiger partial charge in [0.05, 0.1) is 12.7 Å². The highest BCUT2D eigenvalue weighted by Crippen LogP contribution is 1.95. The van der Waals surface area contributed by atoms with Crippen LogP contribution >= 0.6 is 0 Å². The number of hydrogen-bond acceptors (Lipinski definition) is 2. The summed E-state index contributed by atoms with van der Waals surface area (Å²) in [6, 6.07) is 0.